The van der Waals surface area contributed by atoms with E-state index in [4.69, 9.17) is 9.47 Å². The zero-order valence-electron chi connectivity index (χ0n) is 23.4. The SMILES string of the molecule is COc1ccc(C(=O)Nc2cc(C(=O)N3CCNCC3)ccc2N2CCN(C(=O)c3ccccc3)CC2)cc1OC. The van der Waals surface area contributed by atoms with Crippen LogP contribution in [0.15, 0.2) is 66.7 Å². The fraction of sp³-hybridized carbons (Fsp3) is 0.323. The molecule has 0 saturated carbocycles. The number of hydrogen-bond acceptors (Lipinski definition) is 7. The molecule has 0 atom stereocenters. The number of anilines is 2. The van der Waals surface area contributed by atoms with Gasteiger partial charge in [0.05, 0.1) is 25.6 Å². The lowest BCUT2D eigenvalue weighted by atomic mass is 10.1. The zero-order chi connectivity index (χ0) is 28.8. The molecule has 0 radical (unpaired) electrons. The van der Waals surface area contributed by atoms with Crippen LogP contribution in [0.25, 0.3) is 0 Å². The Bertz CT molecular complexity index is 1400. The molecular formula is C31H35N5O5. The molecule has 0 aliphatic carbocycles. The molecule has 3 aromatic rings. The summed E-state index contributed by atoms with van der Waals surface area (Å²) in [7, 11) is 3.06. The van der Waals surface area contributed by atoms with E-state index in [2.05, 4.69) is 15.5 Å². The third kappa shape index (κ3) is 6.28. The summed E-state index contributed by atoms with van der Waals surface area (Å²) in [5.41, 5.74) is 2.90. The average Bonchev–Trinajstić information content (AvgIpc) is 3.04. The Kier molecular flexibility index (Phi) is 8.69. The van der Waals surface area contributed by atoms with Gasteiger partial charge >= 0.3 is 0 Å². The topological polar surface area (TPSA) is 103 Å². The van der Waals surface area contributed by atoms with Crippen LogP contribution in [0.1, 0.15) is 31.1 Å². The van der Waals surface area contributed by atoms with E-state index in [-0.39, 0.29) is 17.7 Å². The van der Waals surface area contributed by atoms with Crippen molar-refractivity contribution in [2.75, 3.05) is 76.8 Å². The van der Waals surface area contributed by atoms with E-state index in [0.717, 1.165) is 18.8 Å². The van der Waals surface area contributed by atoms with E-state index in [1.165, 1.54) is 14.2 Å². The van der Waals surface area contributed by atoms with Crippen molar-refractivity contribution in [3.8, 4) is 11.5 Å². The number of hydrogen-bond donors (Lipinski definition) is 2. The summed E-state index contributed by atoms with van der Waals surface area (Å²) < 4.78 is 10.7. The molecule has 2 fully saturated rings. The van der Waals surface area contributed by atoms with Crippen LogP contribution in [-0.4, -0.2) is 94.1 Å². The molecule has 2 aliphatic rings. The number of nitrogens with one attached hydrogen (secondary N) is 2. The van der Waals surface area contributed by atoms with E-state index in [1.807, 2.05) is 52.3 Å². The second-order valence-electron chi connectivity index (χ2n) is 9.94. The van der Waals surface area contributed by atoms with Crippen molar-refractivity contribution in [2.24, 2.45) is 0 Å². The standard InChI is InChI=1S/C31H35N5O5/c1-40-27-11-9-23(21-28(27)41-2)29(37)33-25-20-24(31(39)35-14-12-32-13-15-35)8-10-26(25)34-16-18-36(19-17-34)30(38)22-6-4-3-5-7-22/h3-11,20-21,32H,12-19H2,1-2H3,(H,33,37). The monoisotopic (exact) mass is 557 g/mol. The van der Waals surface area contributed by atoms with Crippen LogP contribution < -0.4 is 25.0 Å². The summed E-state index contributed by atoms with van der Waals surface area (Å²) in [6.07, 6.45) is 0. The van der Waals surface area contributed by atoms with Crippen LogP contribution >= 0.6 is 0 Å². The number of amides is 3. The molecule has 2 saturated heterocycles. The minimum atomic E-state index is -0.336. The Labute approximate surface area is 239 Å². The van der Waals surface area contributed by atoms with Gasteiger partial charge in [-0.1, -0.05) is 18.2 Å². The molecule has 10 nitrogen and oxygen atoms in total. The van der Waals surface area contributed by atoms with Gasteiger partial charge in [-0.2, -0.15) is 0 Å². The van der Waals surface area contributed by atoms with Crippen LogP contribution in [-0.2, 0) is 0 Å². The normalized spacial score (nSPS) is 15.3. The lowest BCUT2D eigenvalue weighted by Gasteiger charge is -2.37. The highest BCUT2D eigenvalue weighted by Gasteiger charge is 2.26. The molecule has 2 aliphatic heterocycles. The van der Waals surface area contributed by atoms with Gasteiger partial charge in [-0.15, -0.1) is 0 Å². The average molecular weight is 558 g/mol. The summed E-state index contributed by atoms with van der Waals surface area (Å²) in [5.74, 6) is 0.567. The molecule has 2 heterocycles. The lowest BCUT2D eigenvalue weighted by Crippen LogP contribution is -2.49. The quantitative estimate of drug-likeness (QED) is 0.461. The molecule has 214 valence electrons. The molecule has 0 unspecified atom stereocenters. The second kappa shape index (κ2) is 12.7. The summed E-state index contributed by atoms with van der Waals surface area (Å²) in [6, 6.07) is 19.7. The predicted octanol–water partition coefficient (Wildman–Crippen LogP) is 2.96. The van der Waals surface area contributed by atoms with Crippen molar-refractivity contribution < 1.29 is 23.9 Å². The van der Waals surface area contributed by atoms with E-state index >= 15 is 0 Å². The molecule has 5 rings (SSSR count). The predicted molar refractivity (Wildman–Crippen MR) is 157 cm³/mol. The van der Waals surface area contributed by atoms with Gasteiger partial charge in [-0.25, -0.2) is 0 Å². The van der Waals surface area contributed by atoms with E-state index in [0.29, 0.717) is 73.1 Å². The van der Waals surface area contributed by atoms with Gasteiger partial charge in [0.25, 0.3) is 17.7 Å². The maximum absolute atomic E-state index is 13.4. The Morgan fingerprint density at radius 1 is 0.683 bits per heavy atom. The zero-order valence-corrected chi connectivity index (χ0v) is 23.4. The molecular weight excluding hydrogens is 522 g/mol. The molecule has 41 heavy (non-hydrogen) atoms. The molecule has 2 N–H and O–H groups in total. The Balaban J connectivity index is 1.39. The van der Waals surface area contributed by atoms with Crippen molar-refractivity contribution >= 4 is 29.1 Å². The van der Waals surface area contributed by atoms with Gasteiger partial charge in [-0.3, -0.25) is 14.4 Å². The van der Waals surface area contributed by atoms with Crippen molar-refractivity contribution in [1.82, 2.24) is 15.1 Å². The molecule has 10 heteroatoms. The van der Waals surface area contributed by atoms with Crippen molar-refractivity contribution in [1.29, 1.82) is 0 Å². The molecule has 0 aromatic heterocycles. The highest BCUT2D eigenvalue weighted by atomic mass is 16.5. The van der Waals surface area contributed by atoms with Crippen LogP contribution in [0.3, 0.4) is 0 Å². The summed E-state index contributed by atoms with van der Waals surface area (Å²) >= 11 is 0. The Hall–Kier alpha value is -4.57. The number of rotatable bonds is 7. The minimum Gasteiger partial charge on any atom is -0.493 e. The van der Waals surface area contributed by atoms with Crippen LogP contribution in [0.5, 0.6) is 11.5 Å². The van der Waals surface area contributed by atoms with Crippen LogP contribution in [0, 0.1) is 0 Å². The van der Waals surface area contributed by atoms with E-state index in [1.54, 1.807) is 24.3 Å². The van der Waals surface area contributed by atoms with Crippen molar-refractivity contribution in [3.05, 3.63) is 83.4 Å². The van der Waals surface area contributed by atoms with Gasteiger partial charge in [0.2, 0.25) is 0 Å². The summed E-state index contributed by atoms with van der Waals surface area (Å²) in [6.45, 7) is 5.01. The number of carbonyl (C=O) groups excluding carboxylic acids is 3. The largest absolute Gasteiger partial charge is 0.493 e. The third-order valence-electron chi connectivity index (χ3n) is 7.47. The van der Waals surface area contributed by atoms with Gasteiger partial charge in [0, 0.05) is 69.0 Å². The van der Waals surface area contributed by atoms with Crippen LogP contribution in [0.4, 0.5) is 11.4 Å². The second-order valence-corrected chi connectivity index (χ2v) is 9.94. The first kappa shape index (κ1) is 28.0. The van der Waals surface area contributed by atoms with Gasteiger partial charge in [0.15, 0.2) is 11.5 Å². The van der Waals surface area contributed by atoms with Crippen molar-refractivity contribution in [2.45, 2.75) is 0 Å². The lowest BCUT2D eigenvalue weighted by molar-refractivity contribution is 0.0731. The summed E-state index contributed by atoms with van der Waals surface area (Å²) in [4.78, 5) is 45.5. The first-order chi connectivity index (χ1) is 20.0. The van der Waals surface area contributed by atoms with E-state index < -0.39 is 0 Å². The molecule has 3 amide bonds. The number of piperazine rings is 2. The third-order valence-corrected chi connectivity index (χ3v) is 7.47. The maximum atomic E-state index is 13.4. The molecule has 0 bridgehead atoms. The smallest absolute Gasteiger partial charge is 0.255 e. The Morgan fingerprint density at radius 2 is 1.32 bits per heavy atom. The van der Waals surface area contributed by atoms with Gasteiger partial charge < -0.3 is 34.8 Å². The van der Waals surface area contributed by atoms with Gasteiger partial charge in [0.1, 0.15) is 0 Å². The number of carbonyl (C=O) groups is 3. The molecule has 0 spiro atoms. The Morgan fingerprint density at radius 3 is 2.00 bits per heavy atom. The van der Waals surface area contributed by atoms with Gasteiger partial charge in [-0.05, 0) is 48.5 Å². The highest BCUT2D eigenvalue weighted by molar-refractivity contribution is 6.07. The molecule has 3 aromatic carbocycles. The maximum Gasteiger partial charge on any atom is 0.255 e. The number of ether oxygens (including phenoxy) is 2. The van der Waals surface area contributed by atoms with E-state index in [9.17, 15) is 14.4 Å². The number of benzene rings is 3. The summed E-state index contributed by atoms with van der Waals surface area (Å²) in [5, 5.41) is 6.29. The highest BCUT2D eigenvalue weighted by Crippen LogP contribution is 2.31. The van der Waals surface area contributed by atoms with Crippen molar-refractivity contribution in [3.63, 3.8) is 0 Å². The fourth-order valence-electron chi connectivity index (χ4n) is 5.18. The fourth-order valence-corrected chi connectivity index (χ4v) is 5.18. The minimum absolute atomic E-state index is 0.00388. The number of methoxy groups -OCH3 is 2. The first-order valence-electron chi connectivity index (χ1n) is 13.7. The van der Waals surface area contributed by atoms with Crippen LogP contribution in [0.2, 0.25) is 0 Å². The first-order valence-corrected chi connectivity index (χ1v) is 13.7. The number of nitrogens with zero attached hydrogens (tertiary/aromatic N) is 3.